The van der Waals surface area contributed by atoms with E-state index in [1.165, 1.54) is 25.0 Å². The predicted molar refractivity (Wildman–Crippen MR) is 71.3 cm³/mol. The summed E-state index contributed by atoms with van der Waals surface area (Å²) in [6, 6.07) is 5.16. The van der Waals surface area contributed by atoms with Crippen LogP contribution in [-0.4, -0.2) is 19.7 Å². The molecule has 2 nitrogen and oxygen atoms in total. The van der Waals surface area contributed by atoms with Crippen molar-refractivity contribution < 1.29 is 17.9 Å². The van der Waals surface area contributed by atoms with E-state index in [1.807, 2.05) is 0 Å². The van der Waals surface area contributed by atoms with Gasteiger partial charge in [0.2, 0.25) is 0 Å². The number of rotatable bonds is 5. The molecule has 1 aliphatic heterocycles. The monoisotopic (exact) mass is 287 g/mol. The molecule has 20 heavy (non-hydrogen) atoms. The highest BCUT2D eigenvalue weighted by atomic mass is 19.4. The summed E-state index contributed by atoms with van der Waals surface area (Å²) >= 11 is 0. The maximum Gasteiger partial charge on any atom is 0.416 e. The second-order valence-electron chi connectivity index (χ2n) is 5.23. The van der Waals surface area contributed by atoms with Gasteiger partial charge in [0.05, 0.1) is 12.2 Å². The lowest BCUT2D eigenvalue weighted by Gasteiger charge is -2.22. The van der Waals surface area contributed by atoms with E-state index in [1.54, 1.807) is 0 Å². The van der Waals surface area contributed by atoms with Gasteiger partial charge in [0.25, 0.3) is 0 Å². The molecule has 0 saturated carbocycles. The van der Waals surface area contributed by atoms with Gasteiger partial charge < -0.3 is 10.1 Å². The van der Waals surface area contributed by atoms with Crippen LogP contribution in [0.1, 0.15) is 30.4 Å². The molecule has 0 aliphatic carbocycles. The molecule has 0 aromatic heterocycles. The lowest BCUT2D eigenvalue weighted by atomic mass is 9.95. The third-order valence-corrected chi connectivity index (χ3v) is 3.68. The minimum atomic E-state index is -4.27. The Kier molecular flexibility index (Phi) is 5.43. The van der Waals surface area contributed by atoms with Crippen molar-refractivity contribution in [2.24, 2.45) is 5.92 Å². The van der Waals surface area contributed by atoms with Crippen LogP contribution >= 0.6 is 0 Å². The SMILES string of the molecule is FC(F)(F)c1ccc(COCCC2CCNCC2)cc1. The van der Waals surface area contributed by atoms with Crippen LogP contribution in [0, 0.1) is 5.92 Å². The van der Waals surface area contributed by atoms with Gasteiger partial charge in [-0.25, -0.2) is 0 Å². The molecular weight excluding hydrogens is 267 g/mol. The van der Waals surface area contributed by atoms with E-state index < -0.39 is 11.7 Å². The summed E-state index contributed by atoms with van der Waals surface area (Å²) < 4.78 is 42.7. The summed E-state index contributed by atoms with van der Waals surface area (Å²) in [4.78, 5) is 0. The molecule has 0 amide bonds. The van der Waals surface area contributed by atoms with Crippen molar-refractivity contribution in [1.29, 1.82) is 0 Å². The molecular formula is C15H20F3NO. The fourth-order valence-corrected chi connectivity index (χ4v) is 2.40. The fraction of sp³-hybridized carbons (Fsp3) is 0.600. The van der Waals surface area contributed by atoms with Crippen LogP contribution < -0.4 is 5.32 Å². The van der Waals surface area contributed by atoms with Crippen molar-refractivity contribution >= 4 is 0 Å². The van der Waals surface area contributed by atoms with Crippen LogP contribution in [0.4, 0.5) is 13.2 Å². The summed E-state index contributed by atoms with van der Waals surface area (Å²) in [6.45, 7) is 3.20. The van der Waals surface area contributed by atoms with Gasteiger partial charge in [0.15, 0.2) is 0 Å². The molecule has 0 spiro atoms. The number of ether oxygens (including phenoxy) is 1. The van der Waals surface area contributed by atoms with E-state index >= 15 is 0 Å². The second-order valence-corrected chi connectivity index (χ2v) is 5.23. The quantitative estimate of drug-likeness (QED) is 0.835. The molecule has 0 radical (unpaired) electrons. The van der Waals surface area contributed by atoms with Gasteiger partial charge in [-0.1, -0.05) is 12.1 Å². The highest BCUT2D eigenvalue weighted by Crippen LogP contribution is 2.29. The Hall–Kier alpha value is -1.07. The molecule has 0 unspecified atom stereocenters. The first-order valence-electron chi connectivity index (χ1n) is 7.00. The van der Waals surface area contributed by atoms with E-state index in [0.717, 1.165) is 37.2 Å². The average molecular weight is 287 g/mol. The van der Waals surface area contributed by atoms with Crippen molar-refractivity contribution in [1.82, 2.24) is 5.32 Å². The molecule has 1 heterocycles. The normalized spacial score (nSPS) is 17.4. The van der Waals surface area contributed by atoms with Crippen molar-refractivity contribution in [3.05, 3.63) is 35.4 Å². The van der Waals surface area contributed by atoms with Crippen LogP contribution in [0.25, 0.3) is 0 Å². The van der Waals surface area contributed by atoms with E-state index in [4.69, 9.17) is 4.74 Å². The molecule has 1 aromatic rings. The van der Waals surface area contributed by atoms with Crippen molar-refractivity contribution in [3.63, 3.8) is 0 Å². The maximum atomic E-state index is 12.4. The fourth-order valence-electron chi connectivity index (χ4n) is 2.40. The Labute approximate surface area is 117 Å². The smallest absolute Gasteiger partial charge is 0.377 e. The zero-order valence-corrected chi connectivity index (χ0v) is 11.4. The number of hydrogen-bond donors (Lipinski definition) is 1. The predicted octanol–water partition coefficient (Wildman–Crippen LogP) is 3.61. The summed E-state index contributed by atoms with van der Waals surface area (Å²) in [5.41, 5.74) is 0.166. The highest BCUT2D eigenvalue weighted by Gasteiger charge is 2.29. The minimum absolute atomic E-state index is 0.378. The molecule has 1 aromatic carbocycles. The first-order chi connectivity index (χ1) is 9.55. The summed E-state index contributed by atoms with van der Waals surface area (Å²) in [7, 11) is 0. The lowest BCUT2D eigenvalue weighted by Crippen LogP contribution is -2.28. The van der Waals surface area contributed by atoms with Gasteiger partial charge in [-0.05, 0) is 56.0 Å². The molecule has 1 saturated heterocycles. The number of hydrogen-bond acceptors (Lipinski definition) is 2. The largest absolute Gasteiger partial charge is 0.416 e. The average Bonchev–Trinajstić information content (AvgIpc) is 2.44. The molecule has 1 N–H and O–H groups in total. The van der Waals surface area contributed by atoms with Crippen LogP contribution in [-0.2, 0) is 17.5 Å². The third kappa shape index (κ3) is 4.80. The van der Waals surface area contributed by atoms with E-state index in [-0.39, 0.29) is 0 Å². The van der Waals surface area contributed by atoms with Gasteiger partial charge in [0.1, 0.15) is 0 Å². The van der Waals surface area contributed by atoms with Gasteiger partial charge in [0, 0.05) is 6.61 Å². The maximum absolute atomic E-state index is 12.4. The molecule has 112 valence electrons. The number of alkyl halides is 3. The van der Waals surface area contributed by atoms with Gasteiger partial charge >= 0.3 is 6.18 Å². The van der Waals surface area contributed by atoms with Crippen LogP contribution in [0.5, 0.6) is 0 Å². The molecule has 1 fully saturated rings. The molecule has 5 heteroatoms. The van der Waals surface area contributed by atoms with Crippen LogP contribution in [0.2, 0.25) is 0 Å². The highest BCUT2D eigenvalue weighted by molar-refractivity contribution is 5.24. The van der Waals surface area contributed by atoms with E-state index in [9.17, 15) is 13.2 Å². The first kappa shape index (κ1) is 15.3. The van der Waals surface area contributed by atoms with Gasteiger partial charge in [-0.15, -0.1) is 0 Å². The van der Waals surface area contributed by atoms with E-state index in [2.05, 4.69) is 5.32 Å². The Morgan fingerprint density at radius 1 is 1.10 bits per heavy atom. The van der Waals surface area contributed by atoms with Crippen molar-refractivity contribution in [3.8, 4) is 0 Å². The zero-order chi connectivity index (χ0) is 14.4. The minimum Gasteiger partial charge on any atom is -0.377 e. The van der Waals surface area contributed by atoms with Gasteiger partial charge in [-0.2, -0.15) is 13.2 Å². The number of piperidine rings is 1. The summed E-state index contributed by atoms with van der Waals surface area (Å²) in [5.74, 6) is 0.712. The van der Waals surface area contributed by atoms with Crippen LogP contribution in [0.15, 0.2) is 24.3 Å². The van der Waals surface area contributed by atoms with Crippen molar-refractivity contribution in [2.75, 3.05) is 19.7 Å². The molecule has 2 rings (SSSR count). The molecule has 0 atom stereocenters. The first-order valence-corrected chi connectivity index (χ1v) is 7.00. The summed E-state index contributed by atoms with van der Waals surface area (Å²) in [5, 5.41) is 3.32. The Bertz CT molecular complexity index is 397. The Morgan fingerprint density at radius 3 is 2.35 bits per heavy atom. The topological polar surface area (TPSA) is 21.3 Å². The number of halogens is 3. The van der Waals surface area contributed by atoms with Gasteiger partial charge in [-0.3, -0.25) is 0 Å². The van der Waals surface area contributed by atoms with E-state index in [0.29, 0.717) is 19.1 Å². The van der Waals surface area contributed by atoms with Crippen LogP contribution in [0.3, 0.4) is 0 Å². The second kappa shape index (κ2) is 7.09. The number of benzene rings is 1. The molecule has 1 aliphatic rings. The van der Waals surface area contributed by atoms with Crippen molar-refractivity contribution in [2.45, 2.75) is 32.0 Å². The molecule has 0 bridgehead atoms. The number of nitrogens with one attached hydrogen (secondary N) is 1. The standard InChI is InChI=1S/C15H20F3NO/c16-15(17,18)14-3-1-13(2-4-14)11-20-10-7-12-5-8-19-9-6-12/h1-4,12,19H,5-11H2. The zero-order valence-electron chi connectivity index (χ0n) is 11.4. The Morgan fingerprint density at radius 2 is 1.75 bits per heavy atom. The Balaban J connectivity index is 1.68. The summed E-state index contributed by atoms with van der Waals surface area (Å²) in [6.07, 6.45) is -0.871. The third-order valence-electron chi connectivity index (χ3n) is 3.68. The lowest BCUT2D eigenvalue weighted by molar-refractivity contribution is -0.137.